The fraction of sp³-hybridized carbons (Fsp3) is 0.120. The zero-order chi connectivity index (χ0) is 22.2. The lowest BCUT2D eigenvalue weighted by molar-refractivity contribution is 0.319. The largest absolute Gasteiger partial charge is 0.507 e. The number of benzene rings is 3. The van der Waals surface area contributed by atoms with Crippen molar-refractivity contribution in [3.05, 3.63) is 97.3 Å². The van der Waals surface area contributed by atoms with Crippen LogP contribution in [0.15, 0.2) is 65.5 Å². The van der Waals surface area contributed by atoms with E-state index in [1.165, 1.54) is 11.3 Å². The molecule has 0 saturated carbocycles. The normalized spacial score (nSPS) is 12.1. The summed E-state index contributed by atoms with van der Waals surface area (Å²) >= 11 is 7.60. The number of hydrogen-bond acceptors (Lipinski definition) is 5. The molecule has 7 heteroatoms. The van der Waals surface area contributed by atoms with Crippen molar-refractivity contribution < 1.29 is 9.84 Å². The Hall–Kier alpha value is -3.35. The number of hydrogen-bond donors (Lipinski definition) is 1. The highest BCUT2D eigenvalue weighted by Gasteiger charge is 2.13. The molecule has 0 fully saturated rings. The molecule has 0 bridgehead atoms. The average molecular weight is 463 g/mol. The van der Waals surface area contributed by atoms with Crippen LogP contribution in [0.5, 0.6) is 11.5 Å². The van der Waals surface area contributed by atoms with Gasteiger partial charge in [-0.15, -0.1) is 0 Å². The monoisotopic (exact) mass is 462 g/mol. The van der Waals surface area contributed by atoms with E-state index in [1.807, 2.05) is 55.5 Å². The van der Waals surface area contributed by atoms with Crippen LogP contribution in [0.25, 0.3) is 22.1 Å². The molecule has 0 unspecified atom stereocenters. The Balaban J connectivity index is 1.47. The van der Waals surface area contributed by atoms with Gasteiger partial charge in [-0.25, -0.2) is 9.38 Å². The molecule has 160 valence electrons. The van der Waals surface area contributed by atoms with Crippen LogP contribution >= 0.6 is 22.9 Å². The predicted molar refractivity (Wildman–Crippen MR) is 129 cm³/mol. The summed E-state index contributed by atoms with van der Waals surface area (Å²) < 4.78 is 7.87. The van der Waals surface area contributed by atoms with Crippen LogP contribution in [0, 0.1) is 6.92 Å². The highest BCUT2D eigenvalue weighted by atomic mass is 35.5. The van der Waals surface area contributed by atoms with Crippen molar-refractivity contribution in [2.45, 2.75) is 13.3 Å². The Morgan fingerprint density at radius 1 is 1.16 bits per heavy atom. The summed E-state index contributed by atoms with van der Waals surface area (Å²) in [6, 6.07) is 18.7. The molecule has 5 rings (SSSR count). The number of rotatable bonds is 5. The minimum atomic E-state index is -0.165. The molecule has 3 aromatic carbocycles. The van der Waals surface area contributed by atoms with Gasteiger partial charge >= 0.3 is 0 Å². The molecule has 1 N–H and O–H groups in total. The highest BCUT2D eigenvalue weighted by molar-refractivity contribution is 7.15. The van der Waals surface area contributed by atoms with Crippen LogP contribution < -0.4 is 14.8 Å². The first-order valence-electron chi connectivity index (χ1n) is 10.1. The number of aromatic hydroxyl groups is 1. The number of phenols is 1. The number of thiazole rings is 1. The third-order valence-corrected chi connectivity index (χ3v) is 6.46. The molecular formula is C25H19ClN2O3S. The van der Waals surface area contributed by atoms with Crippen LogP contribution in [-0.2, 0) is 6.42 Å². The molecule has 0 aliphatic carbocycles. The van der Waals surface area contributed by atoms with Gasteiger partial charge in [0.15, 0.2) is 4.96 Å². The molecule has 0 radical (unpaired) electrons. The summed E-state index contributed by atoms with van der Waals surface area (Å²) in [5, 5.41) is 11.3. The Kier molecular flexibility index (Phi) is 5.33. The minimum absolute atomic E-state index is 0.0946. The van der Waals surface area contributed by atoms with Gasteiger partial charge in [-0.2, -0.15) is 0 Å². The van der Waals surface area contributed by atoms with Gasteiger partial charge in [-0.05, 0) is 55.0 Å². The van der Waals surface area contributed by atoms with E-state index < -0.39 is 0 Å². The summed E-state index contributed by atoms with van der Waals surface area (Å²) in [6.07, 6.45) is 2.14. The number of imidazole rings is 1. The van der Waals surface area contributed by atoms with E-state index in [1.54, 1.807) is 22.6 Å². The number of para-hydroxylation sites is 2. The number of nitrogens with zero attached hydrogens (tertiary/aromatic N) is 2. The summed E-state index contributed by atoms with van der Waals surface area (Å²) in [6.45, 7) is 2.41. The Bertz CT molecular complexity index is 1550. The molecule has 0 aliphatic rings. The van der Waals surface area contributed by atoms with Gasteiger partial charge in [0.25, 0.3) is 5.56 Å². The van der Waals surface area contributed by atoms with Gasteiger partial charge in [-0.3, -0.25) is 4.79 Å². The summed E-state index contributed by atoms with van der Waals surface area (Å²) in [7, 11) is 0. The lowest BCUT2D eigenvalue weighted by Crippen LogP contribution is -2.22. The number of aromatic nitrogens is 2. The summed E-state index contributed by atoms with van der Waals surface area (Å²) in [5.74, 6) is 0.867. The van der Waals surface area contributed by atoms with Gasteiger partial charge in [0.05, 0.1) is 22.2 Å². The van der Waals surface area contributed by atoms with Crippen molar-refractivity contribution in [3.63, 3.8) is 0 Å². The van der Waals surface area contributed by atoms with Gasteiger partial charge in [-0.1, -0.05) is 52.8 Å². The van der Waals surface area contributed by atoms with Crippen molar-refractivity contribution in [2.24, 2.45) is 0 Å². The average Bonchev–Trinajstić information content (AvgIpc) is 3.29. The van der Waals surface area contributed by atoms with Crippen molar-refractivity contribution in [1.29, 1.82) is 0 Å². The Morgan fingerprint density at radius 2 is 1.94 bits per heavy atom. The van der Waals surface area contributed by atoms with Gasteiger partial charge in [0.1, 0.15) is 11.5 Å². The molecule has 5 aromatic rings. The first kappa shape index (κ1) is 20.5. The molecule has 2 heterocycles. The lowest BCUT2D eigenvalue weighted by Gasteiger charge is -2.10. The van der Waals surface area contributed by atoms with Gasteiger partial charge in [0.2, 0.25) is 0 Å². The van der Waals surface area contributed by atoms with E-state index in [0.29, 0.717) is 38.7 Å². The second-order valence-corrected chi connectivity index (χ2v) is 8.99. The number of ether oxygens (including phenoxy) is 1. The number of halogens is 1. The molecule has 5 nitrogen and oxygen atoms in total. The third-order valence-electron chi connectivity index (χ3n) is 5.28. The standard InChI is InChI=1S/C25H19ClN2O3S/c1-15-6-8-19(9-7-15)31-11-10-16-12-18(26)13-17(23(16)29)14-22-24(30)28-21-5-3-2-4-20(21)27-25(28)32-22/h2-9,12-14,29H,10-11H2,1H3. The number of phenolic OH excluding ortho intramolecular Hbond substituents is 1. The summed E-state index contributed by atoms with van der Waals surface area (Å²) in [4.78, 5) is 18.2. The van der Waals surface area contributed by atoms with Crippen LogP contribution in [0.2, 0.25) is 5.02 Å². The SMILES string of the molecule is Cc1ccc(OCCc2cc(Cl)cc(C=c3sc4nc5ccccc5n4c3=O)c2O)cc1. The molecule has 0 aliphatic heterocycles. The Labute approximate surface area is 192 Å². The van der Waals surface area contributed by atoms with E-state index in [4.69, 9.17) is 16.3 Å². The van der Waals surface area contributed by atoms with Gasteiger partial charge in [0, 0.05) is 17.0 Å². The molecule has 0 spiro atoms. The molecule has 0 atom stereocenters. The van der Waals surface area contributed by atoms with Crippen LogP contribution in [0.4, 0.5) is 0 Å². The first-order valence-corrected chi connectivity index (χ1v) is 11.3. The molecule has 2 aromatic heterocycles. The third kappa shape index (κ3) is 3.83. The fourth-order valence-corrected chi connectivity index (χ4v) is 4.87. The van der Waals surface area contributed by atoms with Crippen molar-refractivity contribution in [2.75, 3.05) is 6.61 Å². The summed E-state index contributed by atoms with van der Waals surface area (Å²) in [5.41, 5.74) is 3.71. The van der Waals surface area contributed by atoms with Crippen molar-refractivity contribution in [1.82, 2.24) is 9.38 Å². The second-order valence-electron chi connectivity index (χ2n) is 7.55. The minimum Gasteiger partial charge on any atom is -0.507 e. The fourth-order valence-electron chi connectivity index (χ4n) is 3.65. The molecule has 0 amide bonds. The topological polar surface area (TPSA) is 63.8 Å². The Morgan fingerprint density at radius 3 is 2.75 bits per heavy atom. The van der Waals surface area contributed by atoms with Crippen LogP contribution in [-0.4, -0.2) is 21.1 Å². The van der Waals surface area contributed by atoms with Crippen LogP contribution in [0.1, 0.15) is 16.7 Å². The molecule has 0 saturated heterocycles. The van der Waals surface area contributed by atoms with E-state index >= 15 is 0 Å². The maximum absolute atomic E-state index is 13.0. The zero-order valence-electron chi connectivity index (χ0n) is 17.2. The molecular weight excluding hydrogens is 444 g/mol. The highest BCUT2D eigenvalue weighted by Crippen LogP contribution is 2.28. The number of fused-ring (bicyclic) bond motifs is 3. The van der Waals surface area contributed by atoms with E-state index in [0.717, 1.165) is 22.3 Å². The first-order chi connectivity index (χ1) is 15.5. The zero-order valence-corrected chi connectivity index (χ0v) is 18.8. The maximum atomic E-state index is 13.0. The smallest absolute Gasteiger partial charge is 0.274 e. The van der Waals surface area contributed by atoms with Crippen LogP contribution in [0.3, 0.4) is 0 Å². The van der Waals surface area contributed by atoms with Crippen molar-refractivity contribution in [3.8, 4) is 11.5 Å². The second kappa shape index (κ2) is 8.30. The lowest BCUT2D eigenvalue weighted by atomic mass is 10.1. The quantitative estimate of drug-likeness (QED) is 0.409. The molecule has 32 heavy (non-hydrogen) atoms. The number of aryl methyl sites for hydroxylation is 1. The van der Waals surface area contributed by atoms with Crippen molar-refractivity contribution >= 4 is 45.0 Å². The van der Waals surface area contributed by atoms with E-state index in [-0.39, 0.29) is 11.3 Å². The van der Waals surface area contributed by atoms with Gasteiger partial charge < -0.3 is 9.84 Å². The predicted octanol–water partition coefficient (Wildman–Crippen LogP) is 4.75. The maximum Gasteiger partial charge on any atom is 0.274 e. The van der Waals surface area contributed by atoms with E-state index in [9.17, 15) is 9.90 Å². The van der Waals surface area contributed by atoms with E-state index in [2.05, 4.69) is 4.98 Å².